The number of hydrogen-bond donors (Lipinski definition) is 3. The van der Waals surface area contributed by atoms with E-state index < -0.39 is 0 Å². The Balaban J connectivity index is 2.33. The van der Waals surface area contributed by atoms with Crippen molar-refractivity contribution in [1.82, 2.24) is 10.3 Å². The van der Waals surface area contributed by atoms with Crippen molar-refractivity contribution in [1.29, 1.82) is 0 Å². The molecule has 0 bridgehead atoms. The molecule has 0 saturated carbocycles. The Morgan fingerprint density at radius 1 is 1.65 bits per heavy atom. The maximum atomic E-state index is 11.2. The quantitative estimate of drug-likeness (QED) is 0.499. The number of aromatic amines is 1. The van der Waals surface area contributed by atoms with Crippen molar-refractivity contribution in [3.63, 3.8) is 0 Å². The van der Waals surface area contributed by atoms with Gasteiger partial charge >= 0.3 is 0 Å². The molecule has 3 N–H and O–H groups in total. The summed E-state index contributed by atoms with van der Waals surface area (Å²) in [6.45, 7) is 7.41. The summed E-state index contributed by atoms with van der Waals surface area (Å²) < 4.78 is 0. The van der Waals surface area contributed by atoms with Crippen LogP contribution in [-0.4, -0.2) is 16.6 Å². The Morgan fingerprint density at radius 3 is 3.00 bits per heavy atom. The van der Waals surface area contributed by atoms with Gasteiger partial charge in [-0.25, -0.2) is 0 Å². The molecule has 4 heteroatoms. The Kier molecular flexibility index (Phi) is 5.49. The first kappa shape index (κ1) is 13.5. The molecule has 17 heavy (non-hydrogen) atoms. The third-order valence-electron chi connectivity index (χ3n) is 2.82. The van der Waals surface area contributed by atoms with Gasteiger partial charge in [-0.3, -0.25) is 4.79 Å². The van der Waals surface area contributed by atoms with Gasteiger partial charge in [0.25, 0.3) is 0 Å². The van der Waals surface area contributed by atoms with Crippen molar-refractivity contribution in [3.05, 3.63) is 40.8 Å². The summed E-state index contributed by atoms with van der Waals surface area (Å²) in [5, 5.41) is 12.3. The van der Waals surface area contributed by atoms with E-state index in [1.54, 1.807) is 0 Å². The highest BCUT2D eigenvalue weighted by atomic mass is 16.3. The number of hydrogen-bond acceptors (Lipinski definition) is 3. The van der Waals surface area contributed by atoms with E-state index in [-0.39, 0.29) is 11.2 Å². The first-order chi connectivity index (χ1) is 8.17. The summed E-state index contributed by atoms with van der Waals surface area (Å²) in [5.74, 6) is 0.299. The summed E-state index contributed by atoms with van der Waals surface area (Å²) >= 11 is 0. The Bertz CT molecular complexity index is 412. The summed E-state index contributed by atoms with van der Waals surface area (Å²) in [4.78, 5) is 14.0. The van der Waals surface area contributed by atoms with E-state index in [4.69, 9.17) is 5.11 Å². The maximum Gasteiger partial charge on any atom is 0.223 e. The second-order valence-corrected chi connectivity index (χ2v) is 4.08. The van der Waals surface area contributed by atoms with E-state index in [0.717, 1.165) is 25.1 Å². The van der Waals surface area contributed by atoms with Gasteiger partial charge in [0.1, 0.15) is 0 Å². The van der Waals surface area contributed by atoms with E-state index in [0.29, 0.717) is 12.5 Å². The van der Waals surface area contributed by atoms with Crippen molar-refractivity contribution in [2.45, 2.75) is 26.3 Å². The van der Waals surface area contributed by atoms with Crippen LogP contribution in [0.5, 0.6) is 5.75 Å². The molecule has 0 aliphatic carbocycles. The van der Waals surface area contributed by atoms with Crippen molar-refractivity contribution >= 4 is 0 Å². The van der Waals surface area contributed by atoms with Crippen LogP contribution in [0.15, 0.2) is 29.7 Å². The minimum atomic E-state index is -0.349. The first-order valence-electron chi connectivity index (χ1n) is 5.91. The van der Waals surface area contributed by atoms with Crippen LogP contribution in [0.25, 0.3) is 0 Å². The number of rotatable bonds is 7. The molecule has 1 unspecified atom stereocenters. The number of aromatic hydroxyl groups is 1. The van der Waals surface area contributed by atoms with E-state index >= 15 is 0 Å². The highest BCUT2D eigenvalue weighted by Gasteiger charge is 2.01. The lowest BCUT2D eigenvalue weighted by molar-refractivity contribution is 0.466. The van der Waals surface area contributed by atoms with Gasteiger partial charge in [0.15, 0.2) is 5.75 Å². The van der Waals surface area contributed by atoms with Crippen LogP contribution in [0, 0.1) is 5.92 Å². The lowest BCUT2D eigenvalue weighted by Crippen LogP contribution is -2.18. The second kappa shape index (κ2) is 6.91. The first-order valence-corrected chi connectivity index (χ1v) is 5.91. The minimum Gasteiger partial charge on any atom is -0.503 e. The molecule has 4 nitrogen and oxygen atoms in total. The fourth-order valence-corrected chi connectivity index (χ4v) is 1.61. The van der Waals surface area contributed by atoms with Crippen molar-refractivity contribution in [2.75, 3.05) is 6.54 Å². The summed E-state index contributed by atoms with van der Waals surface area (Å²) in [5.41, 5.74) is 0.428. The maximum absolute atomic E-state index is 11.2. The molecule has 0 spiro atoms. The van der Waals surface area contributed by atoms with E-state index in [1.807, 2.05) is 6.08 Å². The lowest BCUT2D eigenvalue weighted by Gasteiger charge is -2.10. The molecule has 94 valence electrons. The number of pyridine rings is 1. The molecule has 1 aromatic heterocycles. The van der Waals surface area contributed by atoms with Crippen LogP contribution in [0.3, 0.4) is 0 Å². The number of nitrogens with one attached hydrogen (secondary N) is 2. The second-order valence-electron chi connectivity index (χ2n) is 4.08. The van der Waals surface area contributed by atoms with Crippen molar-refractivity contribution in [3.8, 4) is 5.75 Å². The van der Waals surface area contributed by atoms with Crippen LogP contribution in [0.2, 0.25) is 0 Å². The average Bonchev–Trinajstić information content (AvgIpc) is 2.34. The van der Waals surface area contributed by atoms with Gasteiger partial charge in [-0.05, 0) is 25.3 Å². The Morgan fingerprint density at radius 2 is 2.41 bits per heavy atom. The van der Waals surface area contributed by atoms with E-state index in [9.17, 15) is 4.79 Å². The zero-order valence-corrected chi connectivity index (χ0v) is 10.2. The lowest BCUT2D eigenvalue weighted by atomic mass is 10.0. The molecule has 0 aliphatic heterocycles. The zero-order valence-electron chi connectivity index (χ0n) is 10.2. The van der Waals surface area contributed by atoms with E-state index in [2.05, 4.69) is 23.8 Å². The monoisotopic (exact) mass is 236 g/mol. The van der Waals surface area contributed by atoms with Gasteiger partial charge in [0, 0.05) is 24.5 Å². The van der Waals surface area contributed by atoms with Gasteiger partial charge in [-0.1, -0.05) is 13.0 Å². The Labute approximate surface area is 101 Å². The zero-order chi connectivity index (χ0) is 12.7. The standard InChI is InChI=1S/C13H20N2O2/c1-3-10(4-2)5-6-14-8-11-7-12(16)13(17)9-15-11/h3,7,9-10,14,17H,1,4-6,8H2,2H3,(H,15,16). The van der Waals surface area contributed by atoms with Crippen molar-refractivity contribution < 1.29 is 5.11 Å². The SMILES string of the molecule is C=CC(CC)CCNCc1cc(=O)c(O)c[nH]1. The summed E-state index contributed by atoms with van der Waals surface area (Å²) in [6, 6.07) is 1.41. The van der Waals surface area contributed by atoms with Crippen LogP contribution >= 0.6 is 0 Å². The predicted molar refractivity (Wildman–Crippen MR) is 69.0 cm³/mol. The highest BCUT2D eigenvalue weighted by molar-refractivity contribution is 5.18. The topological polar surface area (TPSA) is 65.1 Å². The summed E-state index contributed by atoms with van der Waals surface area (Å²) in [6.07, 6.45) is 5.44. The van der Waals surface area contributed by atoms with E-state index in [1.165, 1.54) is 12.3 Å². The minimum absolute atomic E-state index is 0.244. The highest BCUT2D eigenvalue weighted by Crippen LogP contribution is 2.07. The largest absolute Gasteiger partial charge is 0.503 e. The molecule has 0 radical (unpaired) electrons. The predicted octanol–water partition coefficient (Wildman–Crippen LogP) is 1.77. The molecular formula is C13H20N2O2. The smallest absolute Gasteiger partial charge is 0.223 e. The van der Waals surface area contributed by atoms with Crippen LogP contribution in [-0.2, 0) is 6.54 Å². The van der Waals surface area contributed by atoms with Crippen LogP contribution in [0.4, 0.5) is 0 Å². The molecular weight excluding hydrogens is 216 g/mol. The van der Waals surface area contributed by atoms with Crippen LogP contribution < -0.4 is 10.7 Å². The molecule has 0 fully saturated rings. The molecule has 1 aromatic rings. The van der Waals surface area contributed by atoms with Gasteiger partial charge in [0.05, 0.1) is 0 Å². The molecule has 0 amide bonds. The fraction of sp³-hybridized carbons (Fsp3) is 0.462. The normalized spacial score (nSPS) is 12.3. The summed E-state index contributed by atoms with van der Waals surface area (Å²) in [7, 11) is 0. The Hall–Kier alpha value is -1.55. The molecule has 0 aromatic carbocycles. The molecule has 1 heterocycles. The van der Waals surface area contributed by atoms with Gasteiger partial charge < -0.3 is 15.4 Å². The third kappa shape index (κ3) is 4.44. The number of allylic oxidation sites excluding steroid dienone is 1. The van der Waals surface area contributed by atoms with Crippen LogP contribution in [0.1, 0.15) is 25.5 Å². The number of H-pyrrole nitrogens is 1. The molecule has 0 aliphatic rings. The van der Waals surface area contributed by atoms with Crippen molar-refractivity contribution in [2.24, 2.45) is 5.92 Å². The number of aromatic nitrogens is 1. The average molecular weight is 236 g/mol. The fourth-order valence-electron chi connectivity index (χ4n) is 1.61. The van der Waals surface area contributed by atoms with Gasteiger partial charge in [-0.2, -0.15) is 0 Å². The molecule has 0 saturated heterocycles. The third-order valence-corrected chi connectivity index (χ3v) is 2.82. The molecule has 1 atom stereocenters. The van der Waals surface area contributed by atoms with Gasteiger partial charge in [0.2, 0.25) is 5.43 Å². The van der Waals surface area contributed by atoms with Gasteiger partial charge in [-0.15, -0.1) is 6.58 Å². The molecule has 1 rings (SSSR count).